The van der Waals surface area contributed by atoms with E-state index in [4.69, 9.17) is 0 Å². The van der Waals surface area contributed by atoms with Gasteiger partial charge in [-0.2, -0.15) is 0 Å². The Morgan fingerprint density at radius 1 is 1.40 bits per heavy atom. The number of nitrogens with one attached hydrogen (secondary N) is 1. The molecule has 0 bridgehead atoms. The largest absolute Gasteiger partial charge is 0.350 e. The van der Waals surface area contributed by atoms with Gasteiger partial charge in [-0.1, -0.05) is 0 Å². The quantitative estimate of drug-likeness (QED) is 0.885. The van der Waals surface area contributed by atoms with Crippen molar-refractivity contribution >= 4 is 17.6 Å². The van der Waals surface area contributed by atoms with Gasteiger partial charge in [0.1, 0.15) is 5.78 Å². The number of amides is 1. The first kappa shape index (κ1) is 14.4. The molecule has 1 saturated carbocycles. The lowest BCUT2D eigenvalue weighted by atomic mass is 9.88. The number of carbonyl (C=O) groups is 2. The smallest absolute Gasteiger partial charge is 0.225 e. The first-order chi connectivity index (χ1) is 9.56. The average molecular weight is 276 g/mol. The van der Waals surface area contributed by atoms with Gasteiger partial charge in [0.25, 0.3) is 0 Å². The van der Waals surface area contributed by atoms with E-state index < -0.39 is 0 Å². The van der Waals surface area contributed by atoms with Crippen molar-refractivity contribution in [2.45, 2.75) is 32.2 Å². The van der Waals surface area contributed by atoms with Gasteiger partial charge in [0.05, 0.1) is 12.2 Å². The zero-order chi connectivity index (χ0) is 14.5. The third-order valence-corrected chi connectivity index (χ3v) is 3.46. The summed E-state index contributed by atoms with van der Waals surface area (Å²) in [5.74, 6) is 0.867. The molecule has 1 fully saturated rings. The highest BCUT2D eigenvalue weighted by Crippen LogP contribution is 2.21. The van der Waals surface area contributed by atoms with E-state index in [1.165, 1.54) is 0 Å². The highest BCUT2D eigenvalue weighted by atomic mass is 16.2. The third-order valence-electron chi connectivity index (χ3n) is 3.46. The fourth-order valence-electron chi connectivity index (χ4n) is 2.22. The van der Waals surface area contributed by atoms with Crippen molar-refractivity contribution in [3.63, 3.8) is 0 Å². The fraction of sp³-hybridized carbons (Fsp3) is 0.571. The molecule has 2 rings (SSSR count). The first-order valence-corrected chi connectivity index (χ1v) is 6.85. The van der Waals surface area contributed by atoms with Crippen molar-refractivity contribution in [2.24, 2.45) is 5.92 Å². The monoisotopic (exact) mass is 276 g/mol. The molecule has 1 aromatic heterocycles. The molecule has 20 heavy (non-hydrogen) atoms. The normalized spacial score (nSPS) is 16.0. The zero-order valence-corrected chi connectivity index (χ0v) is 11.9. The SMILES string of the molecule is CN(C)c1nccc(CNC(=O)C2CCC(=O)CC2)n1. The highest BCUT2D eigenvalue weighted by Gasteiger charge is 2.24. The van der Waals surface area contributed by atoms with Gasteiger partial charge in [-0.25, -0.2) is 9.97 Å². The number of hydrogen-bond acceptors (Lipinski definition) is 5. The highest BCUT2D eigenvalue weighted by molar-refractivity contribution is 5.84. The summed E-state index contributed by atoms with van der Waals surface area (Å²) in [7, 11) is 3.74. The second kappa shape index (κ2) is 6.45. The van der Waals surface area contributed by atoms with Crippen LogP contribution in [-0.4, -0.2) is 35.8 Å². The van der Waals surface area contributed by atoms with E-state index >= 15 is 0 Å². The van der Waals surface area contributed by atoms with Gasteiger partial charge in [0.15, 0.2) is 0 Å². The first-order valence-electron chi connectivity index (χ1n) is 6.85. The molecule has 0 saturated heterocycles. The maximum atomic E-state index is 12.0. The van der Waals surface area contributed by atoms with Crippen LogP contribution in [-0.2, 0) is 16.1 Å². The number of hydrogen-bond donors (Lipinski definition) is 1. The van der Waals surface area contributed by atoms with E-state index in [0.29, 0.717) is 38.2 Å². The van der Waals surface area contributed by atoms with Gasteiger partial charge in [0.2, 0.25) is 11.9 Å². The number of Topliss-reactive ketones (excluding diaryl/α,β-unsaturated/α-hetero) is 1. The summed E-state index contributed by atoms with van der Waals surface area (Å²) in [5.41, 5.74) is 0.781. The summed E-state index contributed by atoms with van der Waals surface area (Å²) in [5, 5.41) is 2.89. The van der Waals surface area contributed by atoms with Crippen LogP contribution in [0.5, 0.6) is 0 Å². The predicted molar refractivity (Wildman–Crippen MR) is 75.2 cm³/mol. The van der Waals surface area contributed by atoms with Crippen LogP contribution < -0.4 is 10.2 Å². The Balaban J connectivity index is 1.87. The van der Waals surface area contributed by atoms with Crippen LogP contribution >= 0.6 is 0 Å². The maximum Gasteiger partial charge on any atom is 0.225 e. The number of aromatic nitrogens is 2. The molecule has 1 aliphatic rings. The van der Waals surface area contributed by atoms with Crippen LogP contribution in [0, 0.1) is 5.92 Å². The minimum Gasteiger partial charge on any atom is -0.350 e. The lowest BCUT2D eigenvalue weighted by Gasteiger charge is -2.20. The molecule has 108 valence electrons. The minimum atomic E-state index is -0.0390. The van der Waals surface area contributed by atoms with Crippen molar-refractivity contribution in [1.82, 2.24) is 15.3 Å². The number of nitrogens with zero attached hydrogens (tertiary/aromatic N) is 3. The molecule has 6 heteroatoms. The molecule has 1 N–H and O–H groups in total. The lowest BCUT2D eigenvalue weighted by Crippen LogP contribution is -2.33. The van der Waals surface area contributed by atoms with E-state index in [1.807, 2.05) is 19.0 Å². The van der Waals surface area contributed by atoms with Gasteiger partial charge < -0.3 is 10.2 Å². The molecular weight excluding hydrogens is 256 g/mol. The molecule has 6 nitrogen and oxygen atoms in total. The molecule has 1 heterocycles. The third kappa shape index (κ3) is 3.76. The summed E-state index contributed by atoms with van der Waals surface area (Å²) >= 11 is 0. The number of ketones is 1. The van der Waals surface area contributed by atoms with Crippen molar-refractivity contribution < 1.29 is 9.59 Å². The Morgan fingerprint density at radius 2 is 2.10 bits per heavy atom. The molecule has 1 amide bonds. The Labute approximate surface area is 118 Å². The second-order valence-corrected chi connectivity index (χ2v) is 5.27. The van der Waals surface area contributed by atoms with E-state index in [0.717, 1.165) is 5.69 Å². The average Bonchev–Trinajstić information content (AvgIpc) is 2.46. The summed E-state index contributed by atoms with van der Waals surface area (Å²) in [6, 6.07) is 1.79. The van der Waals surface area contributed by atoms with Crippen molar-refractivity contribution in [1.29, 1.82) is 0 Å². The predicted octanol–water partition coefficient (Wildman–Crippen LogP) is 0.918. The lowest BCUT2D eigenvalue weighted by molar-refractivity contribution is -0.128. The van der Waals surface area contributed by atoms with Crippen molar-refractivity contribution in [2.75, 3.05) is 19.0 Å². The van der Waals surface area contributed by atoms with Gasteiger partial charge in [-0.3, -0.25) is 9.59 Å². The van der Waals surface area contributed by atoms with Crippen molar-refractivity contribution in [3.8, 4) is 0 Å². The van der Waals surface area contributed by atoms with Crippen molar-refractivity contribution in [3.05, 3.63) is 18.0 Å². The molecule has 0 aliphatic heterocycles. The Bertz CT molecular complexity index is 492. The Hall–Kier alpha value is -1.98. The fourth-order valence-corrected chi connectivity index (χ4v) is 2.22. The molecule has 0 atom stereocenters. The van der Waals surface area contributed by atoms with Crippen LogP contribution in [0.4, 0.5) is 5.95 Å². The van der Waals surface area contributed by atoms with E-state index in [9.17, 15) is 9.59 Å². The summed E-state index contributed by atoms with van der Waals surface area (Å²) in [6.07, 6.45) is 4.06. The van der Waals surface area contributed by atoms with Crippen LogP contribution in [0.25, 0.3) is 0 Å². The standard InChI is InChI=1S/C14H20N4O2/c1-18(2)14-15-8-7-11(17-14)9-16-13(20)10-3-5-12(19)6-4-10/h7-8,10H,3-6,9H2,1-2H3,(H,16,20). The Morgan fingerprint density at radius 3 is 2.75 bits per heavy atom. The zero-order valence-electron chi connectivity index (χ0n) is 11.9. The molecule has 0 radical (unpaired) electrons. The summed E-state index contributed by atoms with van der Waals surface area (Å²) < 4.78 is 0. The molecule has 0 spiro atoms. The van der Waals surface area contributed by atoms with Crippen LogP contribution in [0.1, 0.15) is 31.4 Å². The Kier molecular flexibility index (Phi) is 4.65. The van der Waals surface area contributed by atoms with Gasteiger partial charge in [0, 0.05) is 39.1 Å². The molecule has 1 aromatic rings. The van der Waals surface area contributed by atoms with E-state index in [2.05, 4.69) is 15.3 Å². The second-order valence-electron chi connectivity index (χ2n) is 5.27. The molecule has 0 aromatic carbocycles. The van der Waals surface area contributed by atoms with Gasteiger partial charge in [-0.05, 0) is 18.9 Å². The number of anilines is 1. The number of rotatable bonds is 4. The van der Waals surface area contributed by atoms with E-state index in [-0.39, 0.29) is 17.6 Å². The van der Waals surface area contributed by atoms with Gasteiger partial charge in [-0.15, -0.1) is 0 Å². The van der Waals surface area contributed by atoms with Crippen LogP contribution in [0.3, 0.4) is 0 Å². The summed E-state index contributed by atoms with van der Waals surface area (Å²) in [4.78, 5) is 33.5. The number of carbonyl (C=O) groups excluding carboxylic acids is 2. The topological polar surface area (TPSA) is 75.2 Å². The van der Waals surface area contributed by atoms with E-state index in [1.54, 1.807) is 12.3 Å². The van der Waals surface area contributed by atoms with Gasteiger partial charge >= 0.3 is 0 Å². The summed E-state index contributed by atoms with van der Waals surface area (Å²) in [6.45, 7) is 0.395. The molecule has 0 unspecified atom stereocenters. The molecule has 1 aliphatic carbocycles. The van der Waals surface area contributed by atoms with Crippen LogP contribution in [0.15, 0.2) is 12.3 Å². The minimum absolute atomic E-state index is 0.0162. The molecular formula is C14H20N4O2. The maximum absolute atomic E-state index is 12.0. The van der Waals surface area contributed by atoms with Crippen LogP contribution in [0.2, 0.25) is 0 Å².